The third-order valence-electron chi connectivity index (χ3n) is 3.04. The topological polar surface area (TPSA) is 99.1 Å². The summed E-state index contributed by atoms with van der Waals surface area (Å²) in [5, 5.41) is 17.2. The van der Waals surface area contributed by atoms with Crippen LogP contribution in [0.2, 0.25) is 0 Å². The Labute approximate surface area is 100.0 Å². The average molecular weight is 235 g/mol. The van der Waals surface area contributed by atoms with E-state index in [1.807, 2.05) is 11.8 Å². The van der Waals surface area contributed by atoms with Gasteiger partial charge in [0.15, 0.2) is 0 Å². The Kier molecular flexibility index (Phi) is 2.97. The van der Waals surface area contributed by atoms with Crippen molar-refractivity contribution < 1.29 is 5.11 Å². The number of piperidine rings is 1. The van der Waals surface area contributed by atoms with Crippen LogP contribution >= 0.6 is 0 Å². The van der Waals surface area contributed by atoms with Crippen molar-refractivity contribution in [2.24, 2.45) is 5.73 Å². The zero-order chi connectivity index (χ0) is 12.5. The van der Waals surface area contributed by atoms with Crippen molar-refractivity contribution in [1.29, 1.82) is 5.41 Å². The van der Waals surface area contributed by atoms with Crippen LogP contribution in [0, 0.1) is 5.41 Å². The summed E-state index contributed by atoms with van der Waals surface area (Å²) in [5.41, 5.74) is 5.24. The normalized spacial score (nSPS) is 19.1. The Balaban J connectivity index is 2.13. The van der Waals surface area contributed by atoms with E-state index in [0.29, 0.717) is 37.6 Å². The van der Waals surface area contributed by atoms with Gasteiger partial charge in [-0.3, -0.25) is 5.41 Å². The number of rotatable bonds is 2. The first kappa shape index (κ1) is 11.8. The second-order valence-corrected chi connectivity index (χ2v) is 4.64. The van der Waals surface area contributed by atoms with E-state index in [1.54, 1.807) is 12.3 Å². The smallest absolute Gasteiger partial charge is 0.225 e. The predicted octanol–water partition coefficient (Wildman–Crippen LogP) is 0.112. The molecule has 0 bridgehead atoms. The first-order valence-electron chi connectivity index (χ1n) is 5.63. The summed E-state index contributed by atoms with van der Waals surface area (Å²) in [6, 6.07) is 1.62. The zero-order valence-corrected chi connectivity index (χ0v) is 9.85. The van der Waals surface area contributed by atoms with Crippen molar-refractivity contribution in [3.63, 3.8) is 0 Å². The maximum Gasteiger partial charge on any atom is 0.225 e. The molecule has 1 fully saturated rings. The zero-order valence-electron chi connectivity index (χ0n) is 9.85. The van der Waals surface area contributed by atoms with Crippen LogP contribution in [0.25, 0.3) is 0 Å². The average Bonchev–Trinajstić information content (AvgIpc) is 2.29. The van der Waals surface area contributed by atoms with Crippen molar-refractivity contribution in [3.8, 4) is 0 Å². The summed E-state index contributed by atoms with van der Waals surface area (Å²) < 4.78 is 0. The molecule has 92 valence electrons. The Morgan fingerprint density at radius 1 is 1.53 bits per heavy atom. The van der Waals surface area contributed by atoms with Crippen molar-refractivity contribution >= 4 is 11.8 Å². The Morgan fingerprint density at radius 2 is 2.18 bits per heavy atom. The van der Waals surface area contributed by atoms with Gasteiger partial charge in [-0.2, -0.15) is 0 Å². The molecule has 0 unspecified atom stereocenters. The SMILES string of the molecule is CC1(O)CCN(c2nccc(C(=N)N)n2)CC1. The molecule has 0 aromatic carbocycles. The highest BCUT2D eigenvalue weighted by Crippen LogP contribution is 2.23. The fourth-order valence-corrected chi connectivity index (χ4v) is 1.84. The number of aliphatic hydroxyl groups is 1. The molecule has 4 N–H and O–H groups in total. The van der Waals surface area contributed by atoms with Gasteiger partial charge in [0.25, 0.3) is 0 Å². The number of hydrogen-bond acceptors (Lipinski definition) is 5. The minimum atomic E-state index is -0.589. The highest BCUT2D eigenvalue weighted by molar-refractivity contribution is 5.93. The first-order valence-corrected chi connectivity index (χ1v) is 5.63. The molecule has 6 heteroatoms. The standard InChI is InChI=1S/C11H17N5O/c1-11(17)3-6-16(7-4-11)10-14-5-2-8(15-10)9(12)13/h2,5,17H,3-4,6-7H2,1H3,(H3,12,13). The predicted molar refractivity (Wildman–Crippen MR) is 65.1 cm³/mol. The molecule has 0 spiro atoms. The van der Waals surface area contributed by atoms with Gasteiger partial charge in [0, 0.05) is 19.3 Å². The van der Waals surface area contributed by atoms with E-state index in [9.17, 15) is 5.11 Å². The quantitative estimate of drug-likeness (QED) is 0.499. The summed E-state index contributed by atoms with van der Waals surface area (Å²) in [7, 11) is 0. The van der Waals surface area contributed by atoms with Gasteiger partial charge in [-0.05, 0) is 25.8 Å². The lowest BCUT2D eigenvalue weighted by Crippen LogP contribution is -2.43. The molecule has 17 heavy (non-hydrogen) atoms. The van der Waals surface area contributed by atoms with Crippen LogP contribution in [0.5, 0.6) is 0 Å². The molecule has 2 heterocycles. The largest absolute Gasteiger partial charge is 0.390 e. The fourth-order valence-electron chi connectivity index (χ4n) is 1.84. The van der Waals surface area contributed by atoms with Crippen LogP contribution < -0.4 is 10.6 Å². The molecule has 1 saturated heterocycles. The second-order valence-electron chi connectivity index (χ2n) is 4.64. The number of nitrogens with zero attached hydrogens (tertiary/aromatic N) is 3. The number of amidine groups is 1. The van der Waals surface area contributed by atoms with E-state index in [0.717, 1.165) is 0 Å². The second kappa shape index (κ2) is 4.29. The van der Waals surface area contributed by atoms with Crippen LogP contribution in [0.15, 0.2) is 12.3 Å². The Morgan fingerprint density at radius 3 is 2.76 bits per heavy atom. The molecule has 1 aliphatic heterocycles. The number of nitrogens with two attached hydrogens (primary N) is 1. The van der Waals surface area contributed by atoms with Gasteiger partial charge in [-0.15, -0.1) is 0 Å². The van der Waals surface area contributed by atoms with Crippen LogP contribution in [0.4, 0.5) is 5.95 Å². The van der Waals surface area contributed by atoms with E-state index in [-0.39, 0.29) is 5.84 Å². The monoisotopic (exact) mass is 235 g/mol. The summed E-state index contributed by atoms with van der Waals surface area (Å²) in [6.45, 7) is 3.28. The van der Waals surface area contributed by atoms with E-state index >= 15 is 0 Å². The number of anilines is 1. The Hall–Kier alpha value is -1.69. The highest BCUT2D eigenvalue weighted by atomic mass is 16.3. The number of nitrogens with one attached hydrogen (secondary N) is 1. The van der Waals surface area contributed by atoms with Crippen LogP contribution in [-0.4, -0.2) is 39.6 Å². The Bertz CT molecular complexity index is 422. The molecule has 0 saturated carbocycles. The molecular formula is C11H17N5O. The van der Waals surface area contributed by atoms with Crippen LogP contribution in [0.3, 0.4) is 0 Å². The highest BCUT2D eigenvalue weighted by Gasteiger charge is 2.28. The molecule has 2 rings (SSSR count). The van der Waals surface area contributed by atoms with Crippen LogP contribution in [-0.2, 0) is 0 Å². The lowest BCUT2D eigenvalue weighted by atomic mass is 9.94. The summed E-state index contributed by atoms with van der Waals surface area (Å²) in [4.78, 5) is 10.4. The molecule has 1 aliphatic rings. The lowest BCUT2D eigenvalue weighted by molar-refractivity contribution is 0.0349. The number of aromatic nitrogens is 2. The van der Waals surface area contributed by atoms with Gasteiger partial charge in [0.2, 0.25) is 5.95 Å². The molecule has 0 aliphatic carbocycles. The molecule has 0 radical (unpaired) electrons. The minimum absolute atomic E-state index is 0.0577. The maximum absolute atomic E-state index is 9.86. The fraction of sp³-hybridized carbons (Fsp3) is 0.545. The molecular weight excluding hydrogens is 218 g/mol. The van der Waals surface area contributed by atoms with Crippen molar-refractivity contribution in [2.45, 2.75) is 25.4 Å². The van der Waals surface area contributed by atoms with Gasteiger partial charge in [-0.1, -0.05) is 0 Å². The van der Waals surface area contributed by atoms with Crippen molar-refractivity contribution in [1.82, 2.24) is 9.97 Å². The first-order chi connectivity index (χ1) is 7.98. The van der Waals surface area contributed by atoms with E-state index in [1.165, 1.54) is 0 Å². The van der Waals surface area contributed by atoms with Crippen molar-refractivity contribution in [3.05, 3.63) is 18.0 Å². The van der Waals surface area contributed by atoms with E-state index < -0.39 is 5.60 Å². The van der Waals surface area contributed by atoms with Gasteiger partial charge < -0.3 is 15.7 Å². The van der Waals surface area contributed by atoms with Gasteiger partial charge >= 0.3 is 0 Å². The summed E-state index contributed by atoms with van der Waals surface area (Å²) in [6.07, 6.45) is 2.99. The van der Waals surface area contributed by atoms with Gasteiger partial charge in [0.05, 0.1) is 5.60 Å². The van der Waals surface area contributed by atoms with Gasteiger partial charge in [0.1, 0.15) is 11.5 Å². The minimum Gasteiger partial charge on any atom is -0.390 e. The number of hydrogen-bond donors (Lipinski definition) is 3. The number of nitrogen functional groups attached to an aromatic ring is 1. The van der Waals surface area contributed by atoms with Gasteiger partial charge in [-0.25, -0.2) is 9.97 Å². The third kappa shape index (κ3) is 2.71. The van der Waals surface area contributed by atoms with Crippen molar-refractivity contribution in [2.75, 3.05) is 18.0 Å². The van der Waals surface area contributed by atoms with E-state index in [4.69, 9.17) is 11.1 Å². The maximum atomic E-state index is 9.86. The van der Waals surface area contributed by atoms with Crippen LogP contribution in [0.1, 0.15) is 25.5 Å². The molecule has 0 atom stereocenters. The molecule has 1 aromatic heterocycles. The third-order valence-corrected chi connectivity index (χ3v) is 3.04. The lowest BCUT2D eigenvalue weighted by Gasteiger charge is -2.35. The summed E-state index contributed by atoms with van der Waals surface area (Å²) in [5.74, 6) is 0.519. The summed E-state index contributed by atoms with van der Waals surface area (Å²) >= 11 is 0. The van der Waals surface area contributed by atoms with E-state index in [2.05, 4.69) is 9.97 Å². The molecule has 0 amide bonds. The molecule has 1 aromatic rings. The molecule has 6 nitrogen and oxygen atoms in total.